The number of benzene rings is 2. The zero-order chi connectivity index (χ0) is 20.4. The van der Waals surface area contributed by atoms with Gasteiger partial charge in [0.15, 0.2) is 11.5 Å². The molecule has 2 rings (SSSR count). The van der Waals surface area contributed by atoms with Gasteiger partial charge in [0.2, 0.25) is 5.91 Å². The quantitative estimate of drug-likeness (QED) is 0.516. The summed E-state index contributed by atoms with van der Waals surface area (Å²) in [5.74, 6) is 0.540. The summed E-state index contributed by atoms with van der Waals surface area (Å²) in [5, 5.41) is 2.73. The van der Waals surface area contributed by atoms with Gasteiger partial charge in [0.1, 0.15) is 0 Å². The van der Waals surface area contributed by atoms with Gasteiger partial charge in [-0.2, -0.15) is 0 Å². The van der Waals surface area contributed by atoms with Crippen LogP contribution in [0.2, 0.25) is 0 Å². The number of hydrogen-bond donors (Lipinski definition) is 1. The van der Waals surface area contributed by atoms with Crippen LogP contribution in [0.5, 0.6) is 11.5 Å². The maximum atomic E-state index is 12.2. The molecule has 0 aromatic heterocycles. The van der Waals surface area contributed by atoms with Gasteiger partial charge in [-0.15, -0.1) is 0 Å². The summed E-state index contributed by atoms with van der Waals surface area (Å²) in [6.45, 7) is 4.68. The van der Waals surface area contributed by atoms with E-state index in [-0.39, 0.29) is 5.91 Å². The molecule has 0 spiro atoms. The van der Waals surface area contributed by atoms with Gasteiger partial charge >= 0.3 is 5.97 Å². The van der Waals surface area contributed by atoms with E-state index in [1.807, 2.05) is 19.1 Å². The van der Waals surface area contributed by atoms with E-state index in [0.717, 1.165) is 12.0 Å². The van der Waals surface area contributed by atoms with Crippen molar-refractivity contribution in [2.24, 2.45) is 0 Å². The number of amides is 1. The summed E-state index contributed by atoms with van der Waals surface area (Å²) in [7, 11) is 1.57. The van der Waals surface area contributed by atoms with Gasteiger partial charge in [0, 0.05) is 11.8 Å². The van der Waals surface area contributed by atoms with Crippen LogP contribution in [-0.2, 0) is 9.53 Å². The lowest BCUT2D eigenvalue weighted by Gasteiger charge is -2.10. The first kappa shape index (κ1) is 21.0. The number of esters is 1. The zero-order valence-electron chi connectivity index (χ0n) is 16.4. The summed E-state index contributed by atoms with van der Waals surface area (Å²) >= 11 is 0. The van der Waals surface area contributed by atoms with Crippen LogP contribution in [-0.4, -0.2) is 32.2 Å². The first-order valence-corrected chi connectivity index (χ1v) is 9.14. The van der Waals surface area contributed by atoms with Crippen molar-refractivity contribution in [3.05, 3.63) is 59.7 Å². The second kappa shape index (κ2) is 10.8. The lowest BCUT2D eigenvalue weighted by Crippen LogP contribution is -2.09. The number of hydrogen-bond acceptors (Lipinski definition) is 5. The molecule has 2 aromatic rings. The fraction of sp³-hybridized carbons (Fsp3) is 0.273. The topological polar surface area (TPSA) is 73.9 Å². The van der Waals surface area contributed by atoms with Gasteiger partial charge < -0.3 is 19.5 Å². The summed E-state index contributed by atoms with van der Waals surface area (Å²) < 4.78 is 15.9. The average molecular weight is 383 g/mol. The van der Waals surface area contributed by atoms with E-state index in [9.17, 15) is 9.59 Å². The smallest absolute Gasteiger partial charge is 0.338 e. The van der Waals surface area contributed by atoms with E-state index in [2.05, 4.69) is 5.32 Å². The largest absolute Gasteiger partial charge is 0.493 e. The van der Waals surface area contributed by atoms with Crippen molar-refractivity contribution in [2.45, 2.75) is 20.3 Å². The minimum Gasteiger partial charge on any atom is -0.493 e. The Balaban J connectivity index is 2.04. The Morgan fingerprint density at radius 3 is 2.61 bits per heavy atom. The highest BCUT2D eigenvalue weighted by Gasteiger charge is 2.08. The summed E-state index contributed by atoms with van der Waals surface area (Å²) in [6, 6.07) is 12.1. The first-order valence-electron chi connectivity index (χ1n) is 9.14. The van der Waals surface area contributed by atoms with E-state index in [1.54, 1.807) is 50.4 Å². The second-order valence-corrected chi connectivity index (χ2v) is 5.88. The van der Waals surface area contributed by atoms with Crippen LogP contribution in [0, 0.1) is 0 Å². The molecule has 0 fully saturated rings. The Bertz CT molecular complexity index is 845. The van der Waals surface area contributed by atoms with Gasteiger partial charge in [-0.05, 0) is 55.3 Å². The molecule has 0 saturated heterocycles. The Labute approximate surface area is 165 Å². The van der Waals surface area contributed by atoms with E-state index < -0.39 is 5.97 Å². The number of rotatable bonds is 9. The first-order chi connectivity index (χ1) is 13.6. The highest BCUT2D eigenvalue weighted by Crippen LogP contribution is 2.28. The number of nitrogens with one attached hydrogen (secondary N) is 1. The molecule has 0 atom stereocenters. The summed E-state index contributed by atoms with van der Waals surface area (Å²) in [6.07, 6.45) is 4.00. The summed E-state index contributed by atoms with van der Waals surface area (Å²) in [5.41, 5.74) is 1.70. The van der Waals surface area contributed by atoms with Crippen LogP contribution in [0.25, 0.3) is 6.08 Å². The number of carbonyl (C=O) groups is 2. The third kappa shape index (κ3) is 6.16. The van der Waals surface area contributed by atoms with Gasteiger partial charge in [-0.3, -0.25) is 4.79 Å². The SMILES string of the molecule is CCCOc1ccc(/C=C/C(=O)Nc2cccc(C(=O)OCC)c2)cc1OC. The van der Waals surface area contributed by atoms with Gasteiger partial charge in [0.25, 0.3) is 0 Å². The Hall–Kier alpha value is -3.28. The molecule has 0 bridgehead atoms. The van der Waals surface area contributed by atoms with Crippen molar-refractivity contribution in [1.82, 2.24) is 0 Å². The van der Waals surface area contributed by atoms with Crippen molar-refractivity contribution in [3.63, 3.8) is 0 Å². The molecule has 0 heterocycles. The fourth-order valence-electron chi connectivity index (χ4n) is 2.41. The van der Waals surface area contributed by atoms with Crippen molar-refractivity contribution in [3.8, 4) is 11.5 Å². The van der Waals surface area contributed by atoms with Crippen molar-refractivity contribution < 1.29 is 23.8 Å². The molecule has 1 N–H and O–H groups in total. The molecule has 148 valence electrons. The number of carbonyl (C=O) groups excluding carboxylic acids is 2. The minimum absolute atomic E-state index is 0.296. The van der Waals surface area contributed by atoms with Gasteiger partial charge in [0.05, 0.1) is 25.9 Å². The Morgan fingerprint density at radius 1 is 1.07 bits per heavy atom. The maximum Gasteiger partial charge on any atom is 0.338 e. The lowest BCUT2D eigenvalue weighted by molar-refractivity contribution is -0.111. The maximum absolute atomic E-state index is 12.2. The fourth-order valence-corrected chi connectivity index (χ4v) is 2.41. The van der Waals surface area contributed by atoms with Crippen LogP contribution >= 0.6 is 0 Å². The molecule has 0 saturated carbocycles. The molecular weight excluding hydrogens is 358 g/mol. The average Bonchev–Trinajstić information content (AvgIpc) is 2.71. The van der Waals surface area contributed by atoms with E-state index >= 15 is 0 Å². The van der Waals surface area contributed by atoms with Crippen molar-refractivity contribution >= 4 is 23.6 Å². The molecule has 0 unspecified atom stereocenters. The van der Waals surface area contributed by atoms with Crippen LogP contribution in [0.3, 0.4) is 0 Å². The number of anilines is 1. The molecule has 0 aliphatic rings. The molecule has 28 heavy (non-hydrogen) atoms. The van der Waals surface area contributed by atoms with Crippen LogP contribution in [0.15, 0.2) is 48.5 Å². The Morgan fingerprint density at radius 2 is 1.89 bits per heavy atom. The second-order valence-electron chi connectivity index (χ2n) is 5.88. The molecule has 2 aromatic carbocycles. The van der Waals surface area contributed by atoms with E-state index in [1.165, 1.54) is 6.08 Å². The standard InChI is InChI=1S/C22H25NO5/c1-4-13-28-19-11-9-16(14-20(19)26-3)10-12-21(24)23-18-8-6-7-17(15-18)22(25)27-5-2/h6-12,14-15H,4-5,13H2,1-3H3,(H,23,24)/b12-10+. The molecule has 0 aliphatic heterocycles. The molecule has 0 aliphatic carbocycles. The van der Waals surface area contributed by atoms with Crippen molar-refractivity contribution in [1.29, 1.82) is 0 Å². The predicted octanol–water partition coefficient (Wildman–Crippen LogP) is 4.31. The molecule has 6 nitrogen and oxygen atoms in total. The van der Waals surface area contributed by atoms with Crippen LogP contribution in [0.4, 0.5) is 5.69 Å². The normalized spacial score (nSPS) is 10.5. The Kier molecular flexibility index (Phi) is 8.09. The number of ether oxygens (including phenoxy) is 3. The third-order valence-corrected chi connectivity index (χ3v) is 3.72. The molecule has 0 radical (unpaired) electrons. The highest BCUT2D eigenvalue weighted by molar-refractivity contribution is 6.02. The van der Waals surface area contributed by atoms with E-state index in [4.69, 9.17) is 14.2 Å². The van der Waals surface area contributed by atoms with E-state index in [0.29, 0.717) is 36.0 Å². The lowest BCUT2D eigenvalue weighted by atomic mass is 10.1. The monoisotopic (exact) mass is 383 g/mol. The van der Waals surface area contributed by atoms with Crippen LogP contribution in [0.1, 0.15) is 36.2 Å². The molecular formula is C22H25NO5. The molecule has 6 heteroatoms. The van der Waals surface area contributed by atoms with Crippen molar-refractivity contribution in [2.75, 3.05) is 25.6 Å². The minimum atomic E-state index is -0.424. The van der Waals surface area contributed by atoms with Crippen LogP contribution < -0.4 is 14.8 Å². The summed E-state index contributed by atoms with van der Waals surface area (Å²) in [4.78, 5) is 24.0. The predicted molar refractivity (Wildman–Crippen MR) is 109 cm³/mol. The zero-order valence-corrected chi connectivity index (χ0v) is 16.4. The van der Waals surface area contributed by atoms with Gasteiger partial charge in [-0.25, -0.2) is 4.79 Å². The number of methoxy groups -OCH3 is 1. The third-order valence-electron chi connectivity index (χ3n) is 3.72. The highest BCUT2D eigenvalue weighted by atomic mass is 16.5. The molecule has 1 amide bonds. The van der Waals surface area contributed by atoms with Gasteiger partial charge in [-0.1, -0.05) is 19.1 Å².